The molecule has 0 N–H and O–H groups in total. The van der Waals surface area contributed by atoms with E-state index in [1.165, 1.54) is 16.2 Å². The quantitative estimate of drug-likeness (QED) is 0.791. The lowest BCUT2D eigenvalue weighted by atomic mass is 10.1. The minimum Gasteiger partial charge on any atom is -0.298 e. The largest absolute Gasteiger partial charge is 0.299 e. The van der Waals surface area contributed by atoms with E-state index in [1.54, 1.807) is 24.3 Å². The van der Waals surface area contributed by atoms with Crippen molar-refractivity contribution in [1.82, 2.24) is 0 Å². The number of para-hydroxylation sites is 1. The van der Waals surface area contributed by atoms with E-state index in [0.717, 1.165) is 4.88 Å². The zero-order valence-corrected chi connectivity index (χ0v) is 11.9. The van der Waals surface area contributed by atoms with Crippen molar-refractivity contribution >= 4 is 51.9 Å². The Balaban J connectivity index is 2.04. The Bertz CT molecular complexity index is 696. The van der Waals surface area contributed by atoms with Gasteiger partial charge in [-0.3, -0.25) is 14.5 Å². The van der Waals surface area contributed by atoms with Gasteiger partial charge in [0.15, 0.2) is 0 Å². The minimum absolute atomic E-state index is 0.304. The number of carbonyl (C=O) groups is 2. The number of ketones is 1. The number of fused-ring (bicyclic) bond motifs is 1. The summed E-state index contributed by atoms with van der Waals surface area (Å²) in [6.07, 6.45) is 0. The van der Waals surface area contributed by atoms with Crippen molar-refractivity contribution < 1.29 is 9.59 Å². The summed E-state index contributed by atoms with van der Waals surface area (Å²) in [6.45, 7) is 0.304. The number of rotatable bonds is 2. The van der Waals surface area contributed by atoms with Crippen LogP contribution in [0.5, 0.6) is 0 Å². The molecule has 96 valence electrons. The smallest absolute Gasteiger partial charge is 0.298 e. The molecule has 6 heteroatoms. The Kier molecular flexibility index (Phi) is 3.09. The summed E-state index contributed by atoms with van der Waals surface area (Å²) in [5.41, 5.74) is 0.851. The molecule has 3 rings (SSSR count). The van der Waals surface area contributed by atoms with Gasteiger partial charge in [-0.25, -0.2) is 0 Å². The Labute approximate surface area is 123 Å². The zero-order chi connectivity index (χ0) is 13.6. The van der Waals surface area contributed by atoms with E-state index < -0.39 is 11.7 Å². The molecular formula is C13H7Cl2NO2S. The van der Waals surface area contributed by atoms with Crippen LogP contribution in [0.15, 0.2) is 30.3 Å². The third-order valence-corrected chi connectivity index (χ3v) is 4.40. The van der Waals surface area contributed by atoms with Crippen LogP contribution < -0.4 is 4.90 Å². The maximum Gasteiger partial charge on any atom is 0.299 e. The Morgan fingerprint density at radius 1 is 1.11 bits per heavy atom. The van der Waals surface area contributed by atoms with Gasteiger partial charge in [0.25, 0.3) is 11.7 Å². The fourth-order valence-corrected chi connectivity index (χ4v) is 3.41. The predicted molar refractivity (Wildman–Crippen MR) is 76.3 cm³/mol. The molecule has 0 aliphatic carbocycles. The Hall–Kier alpha value is -1.36. The van der Waals surface area contributed by atoms with E-state index in [1.807, 2.05) is 6.07 Å². The van der Waals surface area contributed by atoms with Crippen LogP contribution in [0, 0.1) is 0 Å². The van der Waals surface area contributed by atoms with Crippen LogP contribution in [0.1, 0.15) is 15.2 Å². The van der Waals surface area contributed by atoms with Crippen LogP contribution in [0.3, 0.4) is 0 Å². The average Bonchev–Trinajstić information content (AvgIpc) is 2.89. The third kappa shape index (κ3) is 2.06. The SMILES string of the molecule is O=C1C(=O)N(Cc2ccc(Cl)s2)c2c(Cl)cccc21. The molecule has 1 amide bonds. The minimum atomic E-state index is -0.548. The molecule has 19 heavy (non-hydrogen) atoms. The fraction of sp³-hybridized carbons (Fsp3) is 0.0769. The average molecular weight is 312 g/mol. The fourth-order valence-electron chi connectivity index (χ4n) is 2.06. The second-order valence-corrected chi connectivity index (χ2v) is 6.27. The molecule has 0 fully saturated rings. The highest BCUT2D eigenvalue weighted by atomic mass is 35.5. The Morgan fingerprint density at radius 2 is 1.89 bits per heavy atom. The molecule has 1 aliphatic rings. The molecule has 0 spiro atoms. The van der Waals surface area contributed by atoms with Gasteiger partial charge in [0.1, 0.15) is 0 Å². The van der Waals surface area contributed by atoms with E-state index in [0.29, 0.717) is 27.2 Å². The van der Waals surface area contributed by atoms with Crippen LogP contribution in [0.2, 0.25) is 9.36 Å². The van der Waals surface area contributed by atoms with Gasteiger partial charge >= 0.3 is 0 Å². The molecule has 1 aromatic heterocycles. The van der Waals surface area contributed by atoms with Crippen LogP contribution in [-0.4, -0.2) is 11.7 Å². The van der Waals surface area contributed by atoms with Gasteiger partial charge in [-0.05, 0) is 24.3 Å². The number of thiophene rings is 1. The molecule has 0 atom stereocenters. The van der Waals surface area contributed by atoms with E-state index >= 15 is 0 Å². The second-order valence-electron chi connectivity index (χ2n) is 4.06. The predicted octanol–water partition coefficient (Wildman–Crippen LogP) is 3.78. The molecule has 0 saturated heterocycles. The van der Waals surface area contributed by atoms with Gasteiger partial charge in [0.05, 0.1) is 27.2 Å². The molecule has 1 aromatic carbocycles. The number of amides is 1. The first-order valence-corrected chi connectivity index (χ1v) is 7.04. The van der Waals surface area contributed by atoms with Gasteiger partial charge in [0.2, 0.25) is 0 Å². The van der Waals surface area contributed by atoms with E-state index in [2.05, 4.69) is 0 Å². The lowest BCUT2D eigenvalue weighted by molar-refractivity contribution is -0.114. The van der Waals surface area contributed by atoms with Crippen molar-refractivity contribution in [3.63, 3.8) is 0 Å². The molecule has 3 nitrogen and oxygen atoms in total. The maximum atomic E-state index is 12.0. The highest BCUT2D eigenvalue weighted by molar-refractivity contribution is 7.16. The van der Waals surface area contributed by atoms with E-state index in [-0.39, 0.29) is 0 Å². The lowest BCUT2D eigenvalue weighted by Crippen LogP contribution is -2.28. The summed E-state index contributed by atoms with van der Waals surface area (Å²) in [5.74, 6) is -1.06. The van der Waals surface area contributed by atoms with Gasteiger partial charge in [-0.15, -0.1) is 11.3 Å². The summed E-state index contributed by atoms with van der Waals surface area (Å²) in [4.78, 5) is 26.2. The molecule has 0 radical (unpaired) electrons. The Morgan fingerprint density at radius 3 is 2.58 bits per heavy atom. The van der Waals surface area contributed by atoms with Crippen molar-refractivity contribution in [1.29, 1.82) is 0 Å². The molecule has 0 saturated carbocycles. The summed E-state index contributed by atoms with van der Waals surface area (Å²) in [5, 5.41) is 0.402. The van der Waals surface area contributed by atoms with Crippen LogP contribution in [-0.2, 0) is 11.3 Å². The van der Waals surface area contributed by atoms with Crippen molar-refractivity contribution in [3.05, 3.63) is 50.1 Å². The van der Waals surface area contributed by atoms with Gasteiger partial charge in [-0.2, -0.15) is 0 Å². The monoisotopic (exact) mass is 311 g/mol. The van der Waals surface area contributed by atoms with E-state index in [9.17, 15) is 9.59 Å². The number of hydrogen-bond donors (Lipinski definition) is 0. The van der Waals surface area contributed by atoms with Crippen LogP contribution >= 0.6 is 34.5 Å². The number of nitrogens with zero attached hydrogens (tertiary/aromatic N) is 1. The molecule has 0 unspecified atom stereocenters. The highest BCUT2D eigenvalue weighted by Gasteiger charge is 2.37. The van der Waals surface area contributed by atoms with Crippen molar-refractivity contribution in [3.8, 4) is 0 Å². The summed E-state index contributed by atoms with van der Waals surface area (Å²) in [6, 6.07) is 8.54. The number of halogens is 2. The number of carbonyl (C=O) groups excluding carboxylic acids is 2. The van der Waals surface area contributed by atoms with Crippen LogP contribution in [0.4, 0.5) is 5.69 Å². The van der Waals surface area contributed by atoms with Crippen molar-refractivity contribution in [2.24, 2.45) is 0 Å². The normalized spacial score (nSPS) is 14.1. The summed E-state index contributed by atoms with van der Waals surface area (Å²) >= 11 is 13.3. The van der Waals surface area contributed by atoms with Crippen molar-refractivity contribution in [2.45, 2.75) is 6.54 Å². The van der Waals surface area contributed by atoms with Gasteiger partial charge in [-0.1, -0.05) is 29.3 Å². The zero-order valence-electron chi connectivity index (χ0n) is 9.52. The van der Waals surface area contributed by atoms with Gasteiger partial charge in [0, 0.05) is 4.88 Å². The highest BCUT2D eigenvalue weighted by Crippen LogP contribution is 2.37. The first kappa shape index (κ1) is 12.7. The summed E-state index contributed by atoms with van der Waals surface area (Å²) in [7, 11) is 0. The van der Waals surface area contributed by atoms with Crippen molar-refractivity contribution in [2.75, 3.05) is 4.90 Å². The number of benzene rings is 1. The standard InChI is InChI=1S/C13H7Cl2NO2S/c14-9-3-1-2-8-11(9)16(13(18)12(8)17)6-7-4-5-10(15)19-7/h1-5H,6H2. The molecule has 2 aromatic rings. The first-order valence-electron chi connectivity index (χ1n) is 5.47. The topological polar surface area (TPSA) is 37.4 Å². The first-order chi connectivity index (χ1) is 9.08. The molecule has 1 aliphatic heterocycles. The molecular weight excluding hydrogens is 305 g/mol. The maximum absolute atomic E-state index is 12.0. The number of Topliss-reactive ketones (excluding diaryl/α,β-unsaturated/α-hetero) is 1. The third-order valence-electron chi connectivity index (χ3n) is 2.88. The van der Waals surface area contributed by atoms with E-state index in [4.69, 9.17) is 23.2 Å². The lowest BCUT2D eigenvalue weighted by Gasteiger charge is -2.16. The molecule has 0 bridgehead atoms. The van der Waals surface area contributed by atoms with Crippen LogP contribution in [0.25, 0.3) is 0 Å². The number of anilines is 1. The van der Waals surface area contributed by atoms with Gasteiger partial charge < -0.3 is 0 Å². The molecule has 2 heterocycles. The summed E-state index contributed by atoms with van der Waals surface area (Å²) < 4.78 is 0.646. The second kappa shape index (κ2) is 4.63. The number of hydrogen-bond acceptors (Lipinski definition) is 3.